The molecule has 2 aromatic rings. The van der Waals surface area contributed by atoms with E-state index in [0.717, 1.165) is 10.0 Å². The molecule has 2 aromatic carbocycles. The third kappa shape index (κ3) is 4.43. The molecule has 0 fully saturated rings. The Balaban J connectivity index is 2.21. The number of hydrogen-bond acceptors (Lipinski definition) is 0. The van der Waals surface area contributed by atoms with Gasteiger partial charge >= 0.3 is 123 Å². The normalized spacial score (nSPS) is 9.53. The van der Waals surface area contributed by atoms with E-state index in [4.69, 9.17) is 23.2 Å². The summed E-state index contributed by atoms with van der Waals surface area (Å²) in [5.74, 6) is 0. The van der Waals surface area contributed by atoms with Crippen LogP contribution in [0.15, 0.2) is 48.5 Å². The van der Waals surface area contributed by atoms with Crippen LogP contribution in [0, 0.1) is 0 Å². The van der Waals surface area contributed by atoms with Gasteiger partial charge in [0, 0.05) is 0 Å². The molecule has 2 rings (SSSR count). The maximum atomic E-state index is 5.93. The van der Waals surface area contributed by atoms with Gasteiger partial charge in [-0.25, -0.2) is 0 Å². The molecule has 3 heteroatoms. The van der Waals surface area contributed by atoms with Crippen molar-refractivity contribution >= 4 is 30.6 Å². The molecule has 0 aliphatic heterocycles. The van der Waals surface area contributed by atoms with Crippen LogP contribution in [0.3, 0.4) is 0 Å². The van der Waals surface area contributed by atoms with Crippen molar-refractivity contribution in [2.45, 2.75) is 0 Å². The van der Waals surface area contributed by atoms with Gasteiger partial charge in [-0.3, -0.25) is 0 Å². The summed E-state index contributed by atoms with van der Waals surface area (Å²) in [4.78, 5) is 0. The van der Waals surface area contributed by atoms with Gasteiger partial charge in [0.2, 0.25) is 0 Å². The first kappa shape index (κ1) is 13.1. The number of rotatable bonds is 2. The van der Waals surface area contributed by atoms with E-state index in [1.807, 2.05) is 36.4 Å². The minimum atomic E-state index is -0.664. The van der Waals surface area contributed by atoms with E-state index in [1.165, 1.54) is 11.1 Å². The minimum absolute atomic E-state index is 0.664. The second kappa shape index (κ2) is 6.54. The van der Waals surface area contributed by atoms with E-state index < -0.39 is 22.3 Å². The van der Waals surface area contributed by atoms with E-state index in [-0.39, 0.29) is 0 Å². The van der Waals surface area contributed by atoms with Gasteiger partial charge in [0.1, 0.15) is 0 Å². The third-order valence-corrected chi connectivity index (χ3v) is 5.13. The average Bonchev–Trinajstić information content (AvgIpc) is 2.29. The molecule has 0 atom stereocenters. The van der Waals surface area contributed by atoms with Gasteiger partial charge in [0.25, 0.3) is 0 Å². The molecule has 0 nitrogen and oxygen atoms in total. The van der Waals surface area contributed by atoms with E-state index in [2.05, 4.69) is 19.6 Å². The fraction of sp³-hybridized carbons (Fsp3) is 0. The molecule has 17 heavy (non-hydrogen) atoms. The SMILES string of the molecule is Clc1cccc([CH]=[Zr]=[CH]c2cccc(Cl)c2)c1. The van der Waals surface area contributed by atoms with Crippen LogP contribution in [0.2, 0.25) is 10.0 Å². The van der Waals surface area contributed by atoms with E-state index in [9.17, 15) is 0 Å². The van der Waals surface area contributed by atoms with Gasteiger partial charge in [-0.1, -0.05) is 0 Å². The molecule has 0 heterocycles. The van der Waals surface area contributed by atoms with E-state index >= 15 is 0 Å². The molecule has 0 saturated heterocycles. The Kier molecular flexibility index (Phi) is 5.04. The second-order valence-corrected chi connectivity index (χ2v) is 6.68. The summed E-state index contributed by atoms with van der Waals surface area (Å²) in [6, 6.07) is 15.9. The van der Waals surface area contributed by atoms with Gasteiger partial charge < -0.3 is 0 Å². The van der Waals surface area contributed by atoms with E-state index in [0.29, 0.717) is 0 Å². The fourth-order valence-corrected chi connectivity index (χ4v) is 3.86. The van der Waals surface area contributed by atoms with Crippen molar-refractivity contribution in [3.63, 3.8) is 0 Å². The molecule has 84 valence electrons. The molecule has 0 saturated carbocycles. The second-order valence-electron chi connectivity index (χ2n) is 3.57. The van der Waals surface area contributed by atoms with Crippen LogP contribution in [0.4, 0.5) is 0 Å². The maximum absolute atomic E-state index is 5.93. The number of halogens is 2. The summed E-state index contributed by atoms with van der Waals surface area (Å²) in [6.45, 7) is 0. The summed E-state index contributed by atoms with van der Waals surface area (Å²) in [7, 11) is 0. The topological polar surface area (TPSA) is 0 Å². The van der Waals surface area contributed by atoms with Crippen molar-refractivity contribution < 1.29 is 22.3 Å². The van der Waals surface area contributed by atoms with Crippen LogP contribution in [0.5, 0.6) is 0 Å². The number of benzene rings is 2. The molecule has 0 aliphatic carbocycles. The summed E-state index contributed by atoms with van der Waals surface area (Å²) in [5, 5.41) is 1.58. The summed E-state index contributed by atoms with van der Waals surface area (Å²) in [5.41, 5.74) is 2.42. The molecule has 0 unspecified atom stereocenters. The van der Waals surface area contributed by atoms with Crippen LogP contribution in [-0.2, 0) is 22.3 Å². The van der Waals surface area contributed by atoms with Gasteiger partial charge in [-0.2, -0.15) is 0 Å². The average molecular weight is 340 g/mol. The molecule has 0 aromatic heterocycles. The molecule has 0 radical (unpaired) electrons. The van der Waals surface area contributed by atoms with Crippen LogP contribution in [0.25, 0.3) is 0 Å². The summed E-state index contributed by atoms with van der Waals surface area (Å²) in [6.07, 6.45) is 0. The van der Waals surface area contributed by atoms with E-state index in [1.54, 1.807) is 0 Å². The van der Waals surface area contributed by atoms with Gasteiger partial charge in [0.05, 0.1) is 0 Å². The fourth-order valence-electron chi connectivity index (χ4n) is 1.43. The summed E-state index contributed by atoms with van der Waals surface area (Å²) >= 11 is 11.2. The quantitative estimate of drug-likeness (QED) is 0.773. The number of hydrogen-bond donors (Lipinski definition) is 0. The predicted molar refractivity (Wildman–Crippen MR) is 73.2 cm³/mol. The first-order valence-corrected chi connectivity index (χ1v) is 8.77. The Morgan fingerprint density at radius 1 is 0.765 bits per heavy atom. The Bertz CT molecular complexity index is 535. The predicted octanol–water partition coefficient (Wildman–Crippen LogP) is 4.08. The first-order chi connectivity index (χ1) is 8.24. The van der Waals surface area contributed by atoms with Gasteiger partial charge in [0.15, 0.2) is 0 Å². The molecule has 0 amide bonds. The van der Waals surface area contributed by atoms with Gasteiger partial charge in [-0.15, -0.1) is 0 Å². The molecule has 0 aliphatic rings. The van der Waals surface area contributed by atoms with Crippen molar-refractivity contribution in [1.29, 1.82) is 0 Å². The summed E-state index contributed by atoms with van der Waals surface area (Å²) < 4.78 is 4.60. The zero-order valence-corrected chi connectivity index (χ0v) is 13.0. The standard InChI is InChI=1S/2C7H5Cl.Zr/c2*1-6-3-2-4-7(8)5-6;/h2*1-5H;. The van der Waals surface area contributed by atoms with Crippen LogP contribution < -0.4 is 0 Å². The van der Waals surface area contributed by atoms with Gasteiger partial charge in [-0.05, 0) is 0 Å². The Morgan fingerprint density at radius 2 is 1.24 bits per heavy atom. The van der Waals surface area contributed by atoms with Crippen LogP contribution in [0.1, 0.15) is 11.1 Å². The molecule has 0 bridgehead atoms. The molecule has 0 N–H and O–H groups in total. The van der Waals surface area contributed by atoms with Crippen molar-refractivity contribution in [1.82, 2.24) is 0 Å². The molecular formula is C14H10Cl2Zr. The monoisotopic (exact) mass is 338 g/mol. The Morgan fingerprint density at radius 3 is 1.65 bits per heavy atom. The van der Waals surface area contributed by atoms with Crippen molar-refractivity contribution in [3.8, 4) is 0 Å². The van der Waals surface area contributed by atoms with Crippen molar-refractivity contribution in [2.24, 2.45) is 0 Å². The third-order valence-electron chi connectivity index (χ3n) is 2.20. The zero-order chi connectivity index (χ0) is 12.1. The Labute approximate surface area is 122 Å². The Hall–Kier alpha value is -0.357. The van der Waals surface area contributed by atoms with Crippen LogP contribution >= 0.6 is 23.2 Å². The molecule has 0 spiro atoms. The van der Waals surface area contributed by atoms with Crippen molar-refractivity contribution in [2.75, 3.05) is 0 Å². The first-order valence-electron chi connectivity index (χ1n) is 5.18. The van der Waals surface area contributed by atoms with Crippen molar-refractivity contribution in [3.05, 3.63) is 69.7 Å². The molecular weight excluding hydrogens is 330 g/mol. The van der Waals surface area contributed by atoms with Crippen LogP contribution in [-0.4, -0.2) is 7.42 Å². The zero-order valence-electron chi connectivity index (χ0n) is 9.03.